The molecule has 9 nitrogen and oxygen atoms in total. The van der Waals surface area contributed by atoms with Crippen molar-refractivity contribution < 1.29 is 28.8 Å². The number of hydrogen-bond donors (Lipinski definition) is 1. The summed E-state index contributed by atoms with van der Waals surface area (Å²) in [4.78, 5) is 32.1. The Morgan fingerprint density at radius 3 is 2.58 bits per heavy atom. The van der Waals surface area contributed by atoms with Gasteiger partial charge in [0.15, 0.2) is 27.8 Å². The summed E-state index contributed by atoms with van der Waals surface area (Å²) in [6.45, 7) is 5.77. The lowest BCUT2D eigenvalue weighted by atomic mass is 9.94. The number of para-hydroxylation sites is 1. The van der Waals surface area contributed by atoms with Crippen LogP contribution in [0.15, 0.2) is 51.4 Å². The first-order valence-corrected chi connectivity index (χ1v) is 13.0. The molecule has 1 aliphatic rings. The number of benzene rings is 2. The zero-order valence-corrected chi connectivity index (χ0v) is 23.1. The average Bonchev–Trinajstić information content (AvgIpc) is 3.19. The van der Waals surface area contributed by atoms with Crippen LogP contribution in [0.1, 0.15) is 37.9 Å². The SMILES string of the molecule is CCOC(=O)C1=C(C)N=c2s/c(=C/c3cc(Cl)c(O)c(OC)c3)c(=O)n2[C@H]1c1cccc(OC)c1OCC. The van der Waals surface area contributed by atoms with Crippen molar-refractivity contribution in [3.63, 3.8) is 0 Å². The number of carbonyl (C=O) groups is 1. The molecule has 0 radical (unpaired) electrons. The van der Waals surface area contributed by atoms with E-state index in [1.54, 1.807) is 44.2 Å². The van der Waals surface area contributed by atoms with E-state index in [1.807, 2.05) is 6.92 Å². The van der Waals surface area contributed by atoms with Gasteiger partial charge in [0.2, 0.25) is 0 Å². The van der Waals surface area contributed by atoms with Gasteiger partial charge >= 0.3 is 5.97 Å². The van der Waals surface area contributed by atoms with Crippen LogP contribution < -0.4 is 29.1 Å². The number of phenols is 1. The minimum absolute atomic E-state index is 0.0828. The Kier molecular flexibility index (Phi) is 8.13. The number of hydrogen-bond acceptors (Lipinski definition) is 9. The summed E-state index contributed by atoms with van der Waals surface area (Å²) in [7, 11) is 2.93. The van der Waals surface area contributed by atoms with E-state index in [4.69, 9.17) is 30.5 Å². The van der Waals surface area contributed by atoms with Crippen LogP contribution in [-0.4, -0.2) is 43.1 Å². The molecule has 0 spiro atoms. The molecular formula is C27H27ClN2O7S. The normalized spacial score (nSPS) is 15.1. The Balaban J connectivity index is 2.02. The van der Waals surface area contributed by atoms with E-state index in [2.05, 4.69) is 4.99 Å². The second kappa shape index (κ2) is 11.3. The summed E-state index contributed by atoms with van der Waals surface area (Å²) in [5.74, 6) is 0.295. The molecule has 0 amide bonds. The Bertz CT molecular complexity index is 1610. The smallest absolute Gasteiger partial charge is 0.338 e. The van der Waals surface area contributed by atoms with Crippen molar-refractivity contribution in [1.82, 2.24) is 4.57 Å². The number of nitrogens with zero attached hydrogens (tertiary/aromatic N) is 2. The van der Waals surface area contributed by atoms with Gasteiger partial charge in [-0.05, 0) is 50.6 Å². The van der Waals surface area contributed by atoms with Crippen LogP contribution in [0.2, 0.25) is 5.02 Å². The highest BCUT2D eigenvalue weighted by Gasteiger charge is 2.36. The number of rotatable bonds is 8. The molecule has 1 atom stereocenters. The molecule has 3 aromatic rings. The molecule has 1 aliphatic heterocycles. The van der Waals surface area contributed by atoms with Gasteiger partial charge in [0, 0.05) is 5.56 Å². The van der Waals surface area contributed by atoms with Crippen molar-refractivity contribution in [2.24, 2.45) is 4.99 Å². The number of carbonyl (C=O) groups excluding carboxylic acids is 1. The lowest BCUT2D eigenvalue weighted by Crippen LogP contribution is -2.40. The number of ether oxygens (including phenoxy) is 4. The third-order valence-electron chi connectivity index (χ3n) is 5.90. The summed E-state index contributed by atoms with van der Waals surface area (Å²) >= 11 is 7.32. The highest BCUT2D eigenvalue weighted by molar-refractivity contribution is 7.07. The largest absolute Gasteiger partial charge is 0.503 e. The van der Waals surface area contributed by atoms with E-state index in [0.717, 1.165) is 11.3 Å². The molecule has 4 rings (SSSR count). The van der Waals surface area contributed by atoms with Gasteiger partial charge < -0.3 is 24.1 Å². The molecule has 2 heterocycles. The summed E-state index contributed by atoms with van der Waals surface area (Å²) in [5.41, 5.74) is 1.39. The van der Waals surface area contributed by atoms with Gasteiger partial charge in [-0.2, -0.15) is 0 Å². The molecule has 0 aliphatic carbocycles. The fourth-order valence-corrected chi connectivity index (χ4v) is 5.54. The standard InChI is InChI=1S/C27H27ClN2O7S/c1-6-36-24-16(9-8-10-18(24)34-4)22-21(26(33)37-7-2)14(3)29-27-30(22)25(32)20(38-27)13-15-11-17(28)23(31)19(12-15)35-5/h8-13,22,31H,6-7H2,1-5H3/b20-13+/t22-/m0/s1. The van der Waals surface area contributed by atoms with Crippen LogP contribution in [0, 0.1) is 0 Å². The number of aromatic nitrogens is 1. The van der Waals surface area contributed by atoms with Gasteiger partial charge in [0.25, 0.3) is 5.56 Å². The van der Waals surface area contributed by atoms with Crippen LogP contribution in [-0.2, 0) is 9.53 Å². The molecular weight excluding hydrogens is 532 g/mol. The Labute approximate surface area is 227 Å². The number of thiazole rings is 1. The number of methoxy groups -OCH3 is 2. The Morgan fingerprint density at radius 2 is 1.92 bits per heavy atom. The molecule has 1 aromatic heterocycles. The summed E-state index contributed by atoms with van der Waals surface area (Å²) in [5, 5.41) is 10.2. The van der Waals surface area contributed by atoms with Gasteiger partial charge in [-0.25, -0.2) is 9.79 Å². The average molecular weight is 559 g/mol. The molecule has 0 saturated carbocycles. The monoisotopic (exact) mass is 558 g/mol. The Hall–Kier alpha value is -3.76. The lowest BCUT2D eigenvalue weighted by Gasteiger charge is -2.26. The van der Waals surface area contributed by atoms with Gasteiger partial charge in [-0.15, -0.1) is 0 Å². The molecule has 0 fully saturated rings. The molecule has 2 aromatic carbocycles. The summed E-state index contributed by atoms with van der Waals surface area (Å²) < 4.78 is 23.8. The zero-order valence-electron chi connectivity index (χ0n) is 21.5. The first-order valence-electron chi connectivity index (χ1n) is 11.8. The van der Waals surface area contributed by atoms with Crippen molar-refractivity contribution in [3.05, 3.63) is 77.4 Å². The van der Waals surface area contributed by atoms with E-state index in [9.17, 15) is 14.7 Å². The van der Waals surface area contributed by atoms with Crippen LogP contribution in [0.25, 0.3) is 6.08 Å². The number of fused-ring (bicyclic) bond motifs is 1. The fraction of sp³-hybridized carbons (Fsp3) is 0.296. The number of allylic oxidation sites excluding steroid dienone is 1. The van der Waals surface area contributed by atoms with Crippen molar-refractivity contribution in [1.29, 1.82) is 0 Å². The number of halogens is 1. The lowest BCUT2D eigenvalue weighted by molar-refractivity contribution is -0.139. The highest BCUT2D eigenvalue weighted by Crippen LogP contribution is 2.41. The van der Waals surface area contributed by atoms with E-state index >= 15 is 0 Å². The molecule has 0 unspecified atom stereocenters. The molecule has 0 bridgehead atoms. The molecule has 0 saturated heterocycles. The van der Waals surface area contributed by atoms with Gasteiger partial charge in [-0.1, -0.05) is 35.1 Å². The van der Waals surface area contributed by atoms with E-state index in [-0.39, 0.29) is 34.3 Å². The van der Waals surface area contributed by atoms with Gasteiger partial charge in [-0.3, -0.25) is 9.36 Å². The zero-order chi connectivity index (χ0) is 27.6. The van der Waals surface area contributed by atoms with Crippen LogP contribution in [0.4, 0.5) is 0 Å². The predicted molar refractivity (Wildman–Crippen MR) is 144 cm³/mol. The Morgan fingerprint density at radius 1 is 1.18 bits per heavy atom. The van der Waals surface area contributed by atoms with Crippen LogP contribution >= 0.6 is 22.9 Å². The van der Waals surface area contributed by atoms with Gasteiger partial charge in [0.05, 0.1) is 48.3 Å². The maximum Gasteiger partial charge on any atom is 0.338 e. The van der Waals surface area contributed by atoms with Crippen molar-refractivity contribution in [2.45, 2.75) is 26.8 Å². The molecule has 1 N–H and O–H groups in total. The highest BCUT2D eigenvalue weighted by atomic mass is 35.5. The van der Waals surface area contributed by atoms with E-state index in [1.165, 1.54) is 24.9 Å². The van der Waals surface area contributed by atoms with E-state index < -0.39 is 12.0 Å². The minimum atomic E-state index is -0.873. The van der Waals surface area contributed by atoms with Crippen molar-refractivity contribution in [3.8, 4) is 23.0 Å². The third-order valence-corrected chi connectivity index (χ3v) is 7.17. The molecule has 200 valence electrons. The minimum Gasteiger partial charge on any atom is -0.503 e. The quantitative estimate of drug-likeness (QED) is 0.421. The fourth-order valence-electron chi connectivity index (χ4n) is 4.28. The van der Waals surface area contributed by atoms with Crippen LogP contribution in [0.5, 0.6) is 23.0 Å². The topological polar surface area (TPSA) is 109 Å². The van der Waals surface area contributed by atoms with Crippen molar-refractivity contribution in [2.75, 3.05) is 27.4 Å². The molecule has 38 heavy (non-hydrogen) atoms. The van der Waals surface area contributed by atoms with Crippen LogP contribution in [0.3, 0.4) is 0 Å². The van der Waals surface area contributed by atoms with E-state index in [0.29, 0.717) is 44.3 Å². The maximum absolute atomic E-state index is 13.9. The maximum atomic E-state index is 13.9. The second-order valence-electron chi connectivity index (χ2n) is 8.17. The summed E-state index contributed by atoms with van der Waals surface area (Å²) in [6.07, 6.45) is 1.63. The van der Waals surface area contributed by atoms with Crippen molar-refractivity contribution >= 4 is 35.0 Å². The number of phenolic OH excluding ortho intramolecular Hbond substituents is 1. The predicted octanol–water partition coefficient (Wildman–Crippen LogP) is 3.57. The summed E-state index contributed by atoms with van der Waals surface area (Å²) in [6, 6.07) is 7.54. The van der Waals surface area contributed by atoms with Gasteiger partial charge in [0.1, 0.15) is 6.04 Å². The molecule has 11 heteroatoms. The first-order chi connectivity index (χ1) is 18.2. The first kappa shape index (κ1) is 27.3. The number of aromatic hydroxyl groups is 1. The second-order valence-corrected chi connectivity index (χ2v) is 9.58. The third kappa shape index (κ3) is 4.89. The number of esters is 1.